The lowest BCUT2D eigenvalue weighted by Gasteiger charge is -2.40. The smallest absolute Gasteiger partial charge is 0.227 e. The molecule has 0 N–H and O–H groups in total. The highest BCUT2D eigenvalue weighted by Crippen LogP contribution is 2.33. The molecule has 4 aliphatic rings. The third kappa shape index (κ3) is 2.91. The predicted octanol–water partition coefficient (Wildman–Crippen LogP) is 2.86. The highest BCUT2D eigenvalue weighted by molar-refractivity contribution is 6.33. The van der Waals surface area contributed by atoms with E-state index < -0.39 is 0 Å². The van der Waals surface area contributed by atoms with Gasteiger partial charge in [-0.2, -0.15) is 0 Å². The van der Waals surface area contributed by atoms with Crippen molar-refractivity contribution in [1.29, 1.82) is 0 Å². The van der Waals surface area contributed by atoms with Gasteiger partial charge in [0.05, 0.1) is 16.6 Å². The normalized spacial score (nSPS) is 29.2. The lowest BCUT2D eigenvalue weighted by molar-refractivity contribution is -0.138. The second-order valence-corrected chi connectivity index (χ2v) is 7.91. The summed E-state index contributed by atoms with van der Waals surface area (Å²) >= 11 is 6.35. The minimum Gasteiger partial charge on any atom is -0.370 e. The van der Waals surface area contributed by atoms with Crippen LogP contribution in [0.5, 0.6) is 0 Å². The van der Waals surface area contributed by atoms with Crippen LogP contribution < -0.4 is 4.90 Å². The molecule has 0 spiro atoms. The number of para-hydroxylation sites is 1. The number of carbonyl (C=O) groups is 1. The number of hydrogen-bond donors (Lipinski definition) is 0. The summed E-state index contributed by atoms with van der Waals surface area (Å²) in [5.74, 6) is 0.581. The van der Waals surface area contributed by atoms with Crippen molar-refractivity contribution in [3.05, 3.63) is 29.3 Å². The fraction of sp³-hybridized carbons (Fsp3) is 0.632. The number of carbonyl (C=O) groups excluding carboxylic acids is 1. The van der Waals surface area contributed by atoms with Crippen molar-refractivity contribution < 1.29 is 4.79 Å². The summed E-state index contributed by atoms with van der Waals surface area (Å²) in [5, 5.41) is 0.844. The van der Waals surface area contributed by atoms with Gasteiger partial charge in [0.25, 0.3) is 0 Å². The molecule has 4 aliphatic heterocycles. The van der Waals surface area contributed by atoms with Crippen molar-refractivity contribution in [2.45, 2.75) is 37.8 Å². The van der Waals surface area contributed by atoms with E-state index in [9.17, 15) is 4.79 Å². The number of fused-ring (bicyclic) bond motifs is 4. The third-order valence-corrected chi connectivity index (χ3v) is 6.49. The Morgan fingerprint density at radius 2 is 1.75 bits per heavy atom. The predicted molar refractivity (Wildman–Crippen MR) is 97.5 cm³/mol. The molecule has 0 aromatic heterocycles. The topological polar surface area (TPSA) is 26.8 Å². The summed E-state index contributed by atoms with van der Waals surface area (Å²) in [6.07, 6.45) is 4.55. The molecule has 2 unspecified atom stereocenters. The first-order valence-corrected chi connectivity index (χ1v) is 9.51. The van der Waals surface area contributed by atoms with Crippen molar-refractivity contribution in [2.24, 2.45) is 5.92 Å². The van der Waals surface area contributed by atoms with E-state index >= 15 is 0 Å². The largest absolute Gasteiger partial charge is 0.370 e. The highest BCUT2D eigenvalue weighted by Gasteiger charge is 2.41. The van der Waals surface area contributed by atoms with Crippen LogP contribution in [0.2, 0.25) is 5.02 Å². The Bertz CT molecular complexity index is 614. The first-order valence-electron chi connectivity index (χ1n) is 9.13. The molecule has 4 fully saturated rings. The van der Waals surface area contributed by atoms with E-state index in [4.69, 9.17) is 11.6 Å². The van der Waals surface area contributed by atoms with Gasteiger partial charge in [0.15, 0.2) is 0 Å². The molecule has 0 radical (unpaired) electrons. The molecule has 4 heterocycles. The SMILES string of the molecule is CN1C(=O)C2CCC1CN(C1CCN(c3ccccc3Cl)CC1)C2. The zero-order chi connectivity index (χ0) is 16.7. The number of benzene rings is 1. The molecule has 0 saturated carbocycles. The molecule has 4 nitrogen and oxygen atoms in total. The molecule has 24 heavy (non-hydrogen) atoms. The van der Waals surface area contributed by atoms with Crippen LogP contribution in [0.1, 0.15) is 25.7 Å². The maximum Gasteiger partial charge on any atom is 0.227 e. The summed E-state index contributed by atoms with van der Waals surface area (Å²) in [6.45, 7) is 4.10. The lowest BCUT2D eigenvalue weighted by atomic mass is 9.95. The summed E-state index contributed by atoms with van der Waals surface area (Å²) < 4.78 is 0. The molecule has 1 aromatic carbocycles. The van der Waals surface area contributed by atoms with Gasteiger partial charge in [-0.15, -0.1) is 0 Å². The van der Waals surface area contributed by atoms with E-state index in [1.165, 1.54) is 6.42 Å². The number of nitrogens with zero attached hydrogens (tertiary/aromatic N) is 3. The quantitative estimate of drug-likeness (QED) is 0.823. The Balaban J connectivity index is 1.41. The first kappa shape index (κ1) is 16.2. The fourth-order valence-corrected chi connectivity index (χ4v) is 4.92. The number of likely N-dealkylation sites (N-methyl/N-ethyl adjacent to an activating group) is 1. The average Bonchev–Trinajstić information content (AvgIpc) is 2.89. The van der Waals surface area contributed by atoms with E-state index in [1.807, 2.05) is 24.1 Å². The number of rotatable bonds is 2. The molecular formula is C19H26ClN3O. The number of hydrogen-bond acceptors (Lipinski definition) is 3. The highest BCUT2D eigenvalue weighted by atomic mass is 35.5. The summed E-state index contributed by atoms with van der Waals surface area (Å²) in [4.78, 5) is 19.4. The van der Waals surface area contributed by atoms with Gasteiger partial charge in [0.1, 0.15) is 0 Å². The van der Waals surface area contributed by atoms with E-state index in [-0.39, 0.29) is 5.92 Å². The lowest BCUT2D eigenvalue weighted by Crippen LogP contribution is -2.48. The molecule has 5 rings (SSSR count). The van der Waals surface area contributed by atoms with Gasteiger partial charge < -0.3 is 9.80 Å². The Morgan fingerprint density at radius 1 is 1.00 bits per heavy atom. The van der Waals surface area contributed by atoms with Crippen LogP contribution >= 0.6 is 11.6 Å². The van der Waals surface area contributed by atoms with Crippen molar-refractivity contribution in [2.75, 3.05) is 38.1 Å². The van der Waals surface area contributed by atoms with Gasteiger partial charge in [-0.3, -0.25) is 9.69 Å². The van der Waals surface area contributed by atoms with Crippen LogP contribution in [0.15, 0.2) is 24.3 Å². The second kappa shape index (κ2) is 6.57. The molecule has 5 heteroatoms. The van der Waals surface area contributed by atoms with Crippen molar-refractivity contribution >= 4 is 23.2 Å². The van der Waals surface area contributed by atoms with Crippen LogP contribution in [0.3, 0.4) is 0 Å². The monoisotopic (exact) mass is 347 g/mol. The third-order valence-electron chi connectivity index (χ3n) is 6.17. The van der Waals surface area contributed by atoms with Gasteiger partial charge in [-0.25, -0.2) is 0 Å². The Kier molecular flexibility index (Phi) is 4.44. The molecule has 4 saturated heterocycles. The van der Waals surface area contributed by atoms with Gasteiger partial charge in [0.2, 0.25) is 5.91 Å². The maximum absolute atomic E-state index is 12.4. The second-order valence-electron chi connectivity index (χ2n) is 7.50. The van der Waals surface area contributed by atoms with Gasteiger partial charge >= 0.3 is 0 Å². The zero-order valence-corrected chi connectivity index (χ0v) is 15.1. The van der Waals surface area contributed by atoms with Crippen molar-refractivity contribution in [3.63, 3.8) is 0 Å². The molecule has 0 aliphatic carbocycles. The Morgan fingerprint density at radius 3 is 2.50 bits per heavy atom. The summed E-state index contributed by atoms with van der Waals surface area (Å²) in [6, 6.07) is 9.14. The number of halogens is 1. The van der Waals surface area contributed by atoms with Crippen LogP contribution in [-0.4, -0.2) is 61.0 Å². The van der Waals surface area contributed by atoms with Gasteiger partial charge in [0, 0.05) is 45.3 Å². The van der Waals surface area contributed by atoms with Gasteiger partial charge in [-0.05, 0) is 37.8 Å². The van der Waals surface area contributed by atoms with Crippen LogP contribution in [0.25, 0.3) is 0 Å². The van der Waals surface area contributed by atoms with Crippen molar-refractivity contribution in [3.8, 4) is 0 Å². The Labute approximate surface area is 149 Å². The molecule has 1 amide bonds. The minimum absolute atomic E-state index is 0.218. The fourth-order valence-electron chi connectivity index (χ4n) is 4.67. The molecule has 1 aromatic rings. The molecular weight excluding hydrogens is 322 g/mol. The molecule has 2 bridgehead atoms. The zero-order valence-electron chi connectivity index (χ0n) is 14.3. The first-order chi connectivity index (χ1) is 11.6. The standard InChI is InChI=1S/C19H26ClN3O/c1-21-16-7-6-14(19(21)24)12-23(13-16)15-8-10-22(11-9-15)18-5-3-2-4-17(18)20/h2-5,14-16H,6-13H2,1H3. The van der Waals surface area contributed by atoms with E-state index in [2.05, 4.69) is 21.9 Å². The van der Waals surface area contributed by atoms with Crippen LogP contribution in [0.4, 0.5) is 5.69 Å². The van der Waals surface area contributed by atoms with E-state index in [0.29, 0.717) is 18.0 Å². The maximum atomic E-state index is 12.4. The summed E-state index contributed by atoms with van der Waals surface area (Å²) in [5.41, 5.74) is 1.16. The van der Waals surface area contributed by atoms with E-state index in [0.717, 1.165) is 56.2 Å². The molecule has 2 atom stereocenters. The molecule has 130 valence electrons. The van der Waals surface area contributed by atoms with Crippen molar-refractivity contribution in [1.82, 2.24) is 9.80 Å². The summed E-state index contributed by atoms with van der Waals surface area (Å²) in [7, 11) is 1.99. The minimum atomic E-state index is 0.218. The average molecular weight is 348 g/mol. The van der Waals surface area contributed by atoms with Crippen LogP contribution in [0, 0.1) is 5.92 Å². The number of piperidine rings is 2. The van der Waals surface area contributed by atoms with Gasteiger partial charge in [-0.1, -0.05) is 23.7 Å². The van der Waals surface area contributed by atoms with E-state index in [1.54, 1.807) is 0 Å². The Hall–Kier alpha value is -1.26. The number of amides is 1. The number of anilines is 1. The van der Waals surface area contributed by atoms with Crippen LogP contribution in [-0.2, 0) is 4.79 Å².